The van der Waals surface area contributed by atoms with Crippen molar-refractivity contribution in [1.82, 2.24) is 30.5 Å². The van der Waals surface area contributed by atoms with Crippen molar-refractivity contribution in [3.05, 3.63) is 29.2 Å². The lowest BCUT2D eigenvalue weighted by Gasteiger charge is -2.08. The maximum atomic E-state index is 11.8. The molecule has 2 N–H and O–H groups in total. The van der Waals surface area contributed by atoms with Crippen LogP contribution in [0.15, 0.2) is 12.3 Å². The molecule has 0 saturated heterocycles. The number of urea groups is 1. The van der Waals surface area contributed by atoms with E-state index in [1.54, 1.807) is 16.9 Å². The van der Waals surface area contributed by atoms with Crippen LogP contribution in [0.1, 0.15) is 23.9 Å². The molecule has 106 valence electrons. The molecule has 0 fully saturated rings. The van der Waals surface area contributed by atoms with Gasteiger partial charge < -0.3 is 5.32 Å². The number of nitrogens with zero attached hydrogens (tertiary/aromatic N) is 5. The van der Waals surface area contributed by atoms with Crippen LogP contribution in [0.3, 0.4) is 0 Å². The van der Waals surface area contributed by atoms with Gasteiger partial charge in [-0.2, -0.15) is 5.10 Å². The van der Waals surface area contributed by atoms with Gasteiger partial charge in [0.15, 0.2) is 5.82 Å². The molecule has 2 amide bonds. The lowest BCUT2D eigenvalue weighted by atomic mass is 10.2. The van der Waals surface area contributed by atoms with E-state index in [0.717, 1.165) is 17.0 Å². The van der Waals surface area contributed by atoms with Crippen molar-refractivity contribution in [2.45, 2.75) is 33.9 Å². The smallest absolute Gasteiger partial charge is 0.320 e. The highest BCUT2D eigenvalue weighted by atomic mass is 16.2. The summed E-state index contributed by atoms with van der Waals surface area (Å²) >= 11 is 0. The third kappa shape index (κ3) is 3.28. The van der Waals surface area contributed by atoms with Crippen molar-refractivity contribution in [2.24, 2.45) is 0 Å². The van der Waals surface area contributed by atoms with Gasteiger partial charge in [-0.15, -0.1) is 10.2 Å². The van der Waals surface area contributed by atoms with Gasteiger partial charge in [0.25, 0.3) is 0 Å². The first-order chi connectivity index (χ1) is 9.60. The SMILES string of the molecule is CCn1nncc1CNC(=O)Nc1cc(C)c(C)nn1. The first kappa shape index (κ1) is 13.9. The second-order valence-electron chi connectivity index (χ2n) is 4.35. The van der Waals surface area contributed by atoms with E-state index in [2.05, 4.69) is 31.1 Å². The molecule has 0 radical (unpaired) electrons. The van der Waals surface area contributed by atoms with Crippen LogP contribution in [0.5, 0.6) is 0 Å². The minimum atomic E-state index is -0.341. The fraction of sp³-hybridized carbons (Fsp3) is 0.417. The molecule has 8 nitrogen and oxygen atoms in total. The first-order valence-electron chi connectivity index (χ1n) is 6.33. The summed E-state index contributed by atoms with van der Waals surface area (Å²) in [6.07, 6.45) is 1.62. The van der Waals surface area contributed by atoms with Crippen LogP contribution in [-0.2, 0) is 13.1 Å². The maximum Gasteiger partial charge on any atom is 0.320 e. The van der Waals surface area contributed by atoms with E-state index in [9.17, 15) is 4.79 Å². The molecule has 0 spiro atoms. The van der Waals surface area contributed by atoms with E-state index in [4.69, 9.17) is 0 Å². The molecule has 8 heteroatoms. The van der Waals surface area contributed by atoms with E-state index in [1.807, 2.05) is 20.8 Å². The highest BCUT2D eigenvalue weighted by Gasteiger charge is 2.07. The molecule has 2 aromatic rings. The predicted molar refractivity (Wildman–Crippen MR) is 73.1 cm³/mol. The quantitative estimate of drug-likeness (QED) is 0.868. The summed E-state index contributed by atoms with van der Waals surface area (Å²) in [7, 11) is 0. The molecule has 2 rings (SSSR count). The maximum absolute atomic E-state index is 11.8. The molecule has 0 aliphatic rings. The number of aryl methyl sites for hydroxylation is 3. The molecular formula is C12H17N7O. The largest absolute Gasteiger partial charge is 0.332 e. The molecule has 0 aliphatic carbocycles. The summed E-state index contributed by atoms with van der Waals surface area (Å²) in [4.78, 5) is 11.8. The standard InChI is InChI=1S/C12H17N7O/c1-4-19-10(7-14-18-19)6-13-12(20)15-11-5-8(2)9(3)16-17-11/h5,7H,4,6H2,1-3H3,(H2,13,15,17,20). The van der Waals surface area contributed by atoms with Crippen molar-refractivity contribution in [2.75, 3.05) is 5.32 Å². The summed E-state index contributed by atoms with van der Waals surface area (Å²) < 4.78 is 1.72. The number of rotatable bonds is 4. The number of nitrogens with one attached hydrogen (secondary N) is 2. The molecule has 0 aliphatic heterocycles. The van der Waals surface area contributed by atoms with Gasteiger partial charge in [0.05, 0.1) is 24.1 Å². The summed E-state index contributed by atoms with van der Waals surface area (Å²) in [5.41, 5.74) is 2.66. The van der Waals surface area contributed by atoms with Crippen LogP contribution in [0, 0.1) is 13.8 Å². The van der Waals surface area contributed by atoms with Crippen LogP contribution in [-0.4, -0.2) is 31.2 Å². The van der Waals surface area contributed by atoms with Gasteiger partial charge in [-0.25, -0.2) is 9.48 Å². The van der Waals surface area contributed by atoms with Gasteiger partial charge in [-0.05, 0) is 32.4 Å². The lowest BCUT2D eigenvalue weighted by molar-refractivity contribution is 0.251. The van der Waals surface area contributed by atoms with E-state index in [0.29, 0.717) is 18.9 Å². The Labute approximate surface area is 116 Å². The fourth-order valence-corrected chi connectivity index (χ4v) is 1.62. The number of aromatic nitrogens is 5. The van der Waals surface area contributed by atoms with Gasteiger partial charge >= 0.3 is 6.03 Å². The normalized spacial score (nSPS) is 10.3. The highest BCUT2D eigenvalue weighted by molar-refractivity contribution is 5.88. The number of hydrogen-bond donors (Lipinski definition) is 2. The topological polar surface area (TPSA) is 97.6 Å². The van der Waals surface area contributed by atoms with Gasteiger partial charge in [-0.3, -0.25) is 5.32 Å². The van der Waals surface area contributed by atoms with Crippen LogP contribution in [0.2, 0.25) is 0 Å². The average Bonchev–Trinajstić information content (AvgIpc) is 2.88. The zero-order valence-corrected chi connectivity index (χ0v) is 11.7. The van der Waals surface area contributed by atoms with Crippen LogP contribution >= 0.6 is 0 Å². The minimum absolute atomic E-state index is 0.341. The molecular weight excluding hydrogens is 258 g/mol. The van der Waals surface area contributed by atoms with Crippen molar-refractivity contribution in [3.63, 3.8) is 0 Å². The molecule has 0 saturated carbocycles. The summed E-state index contributed by atoms with van der Waals surface area (Å²) in [5, 5.41) is 20.9. The van der Waals surface area contributed by atoms with Crippen molar-refractivity contribution < 1.29 is 4.79 Å². The fourth-order valence-electron chi connectivity index (χ4n) is 1.62. The summed E-state index contributed by atoms with van der Waals surface area (Å²) in [6, 6.07) is 1.44. The second kappa shape index (κ2) is 6.09. The molecule has 0 bridgehead atoms. The Morgan fingerprint density at radius 2 is 2.15 bits per heavy atom. The zero-order chi connectivity index (χ0) is 14.5. The van der Waals surface area contributed by atoms with E-state index < -0.39 is 0 Å². The Morgan fingerprint density at radius 3 is 2.85 bits per heavy atom. The van der Waals surface area contributed by atoms with Crippen LogP contribution in [0.4, 0.5) is 10.6 Å². The Balaban J connectivity index is 1.91. The average molecular weight is 275 g/mol. The number of carbonyl (C=O) groups is 1. The summed E-state index contributed by atoms with van der Waals surface area (Å²) in [5.74, 6) is 0.424. The third-order valence-corrected chi connectivity index (χ3v) is 2.90. The van der Waals surface area contributed by atoms with E-state index in [-0.39, 0.29) is 6.03 Å². The van der Waals surface area contributed by atoms with Gasteiger partial charge in [0.1, 0.15) is 0 Å². The monoisotopic (exact) mass is 275 g/mol. The van der Waals surface area contributed by atoms with Crippen LogP contribution in [0.25, 0.3) is 0 Å². The predicted octanol–water partition coefficient (Wildman–Crippen LogP) is 1.03. The molecule has 0 aromatic carbocycles. The number of anilines is 1. The van der Waals surface area contributed by atoms with E-state index in [1.165, 1.54) is 0 Å². The minimum Gasteiger partial charge on any atom is -0.332 e. The van der Waals surface area contributed by atoms with Crippen molar-refractivity contribution in [1.29, 1.82) is 0 Å². The Hall–Kier alpha value is -2.51. The molecule has 2 heterocycles. The lowest BCUT2D eigenvalue weighted by Crippen LogP contribution is -2.29. The van der Waals surface area contributed by atoms with Crippen molar-refractivity contribution in [3.8, 4) is 0 Å². The third-order valence-electron chi connectivity index (χ3n) is 2.90. The van der Waals surface area contributed by atoms with Gasteiger partial charge in [0, 0.05) is 6.54 Å². The second-order valence-corrected chi connectivity index (χ2v) is 4.35. The highest BCUT2D eigenvalue weighted by Crippen LogP contribution is 2.07. The summed E-state index contributed by atoms with van der Waals surface area (Å²) in [6.45, 7) is 6.80. The number of hydrogen-bond acceptors (Lipinski definition) is 5. The molecule has 20 heavy (non-hydrogen) atoms. The van der Waals surface area contributed by atoms with Gasteiger partial charge in [0.2, 0.25) is 0 Å². The Bertz CT molecular complexity index is 608. The Morgan fingerprint density at radius 1 is 1.35 bits per heavy atom. The van der Waals surface area contributed by atoms with Crippen LogP contribution < -0.4 is 10.6 Å². The number of carbonyl (C=O) groups excluding carboxylic acids is 1. The zero-order valence-electron chi connectivity index (χ0n) is 11.7. The molecule has 2 aromatic heterocycles. The van der Waals surface area contributed by atoms with Crippen molar-refractivity contribution >= 4 is 11.8 Å². The Kier molecular flexibility index (Phi) is 4.24. The van der Waals surface area contributed by atoms with Gasteiger partial charge in [-0.1, -0.05) is 5.21 Å². The molecule has 0 unspecified atom stereocenters. The van der Waals surface area contributed by atoms with E-state index >= 15 is 0 Å². The number of amides is 2. The molecule has 0 atom stereocenters. The first-order valence-corrected chi connectivity index (χ1v) is 6.33.